The van der Waals surface area contributed by atoms with Gasteiger partial charge in [-0.15, -0.1) is 10.2 Å². The number of hydrogen-bond donors (Lipinski definition) is 6. The minimum atomic E-state index is -2.88. The molecule has 2 aromatic carbocycles. The van der Waals surface area contributed by atoms with E-state index in [2.05, 4.69) is 46.9 Å². The van der Waals surface area contributed by atoms with Gasteiger partial charge in [0.15, 0.2) is 0 Å². The van der Waals surface area contributed by atoms with E-state index >= 15 is 0 Å². The van der Waals surface area contributed by atoms with Gasteiger partial charge in [0.25, 0.3) is 11.8 Å². The number of tetrazole rings is 1. The van der Waals surface area contributed by atoms with E-state index in [1.807, 2.05) is 31.2 Å². The van der Waals surface area contributed by atoms with Gasteiger partial charge in [-0.25, -0.2) is 8.78 Å². The van der Waals surface area contributed by atoms with E-state index in [4.69, 9.17) is 5.73 Å². The van der Waals surface area contributed by atoms with Crippen LogP contribution in [0.2, 0.25) is 0 Å². The fraction of sp³-hybridized carbons (Fsp3) is 0.417. The van der Waals surface area contributed by atoms with Crippen LogP contribution in [-0.2, 0) is 16.0 Å². The molecule has 2 aliphatic rings. The normalized spacial score (nSPS) is 20.6. The van der Waals surface area contributed by atoms with E-state index in [-0.39, 0.29) is 36.4 Å². The zero-order chi connectivity index (χ0) is 36.0. The molecule has 51 heavy (non-hydrogen) atoms. The van der Waals surface area contributed by atoms with Gasteiger partial charge in [-0.2, -0.15) is 5.21 Å². The highest BCUT2D eigenvalue weighted by molar-refractivity contribution is 5.98. The number of piperidine rings is 1. The minimum Gasteiger partial charge on any atom is -0.346 e. The Morgan fingerprint density at radius 2 is 1.75 bits per heavy atom. The molecular formula is C36H42F2N10O3. The molecule has 7 N–H and O–H groups in total. The SMILES string of the molecule is Cc1cc(C(=O)NC2CNCC(F)(F)C2)ncc1-c1ccc(C[C@H](NC(=O)C2CCC(CN)CC2)C(=O)Nc2ccc(-c3nn[nH]n3)cc2)cc1. The first kappa shape index (κ1) is 35.7. The van der Waals surface area contributed by atoms with Crippen molar-refractivity contribution in [3.05, 3.63) is 77.6 Å². The number of aromatic amines is 1. The van der Waals surface area contributed by atoms with Crippen molar-refractivity contribution in [3.8, 4) is 22.5 Å². The third-order valence-electron chi connectivity index (χ3n) is 9.64. The molecule has 2 fully saturated rings. The number of pyridine rings is 1. The van der Waals surface area contributed by atoms with Gasteiger partial charge in [0.05, 0.1) is 6.54 Å². The van der Waals surface area contributed by atoms with Gasteiger partial charge < -0.3 is 27.0 Å². The summed E-state index contributed by atoms with van der Waals surface area (Å²) < 4.78 is 27.5. The number of carbonyl (C=O) groups excluding carboxylic acids is 3. The number of H-pyrrole nitrogens is 1. The summed E-state index contributed by atoms with van der Waals surface area (Å²) in [7, 11) is 0. The first-order valence-electron chi connectivity index (χ1n) is 17.2. The monoisotopic (exact) mass is 700 g/mol. The zero-order valence-corrected chi connectivity index (χ0v) is 28.3. The number of nitrogens with zero attached hydrogens (tertiary/aromatic N) is 4. The predicted octanol–water partition coefficient (Wildman–Crippen LogP) is 3.40. The molecule has 0 spiro atoms. The highest BCUT2D eigenvalue weighted by Crippen LogP contribution is 2.29. The Bertz CT molecular complexity index is 1810. The summed E-state index contributed by atoms with van der Waals surface area (Å²) in [5, 5.41) is 25.2. The van der Waals surface area contributed by atoms with Crippen molar-refractivity contribution in [1.82, 2.24) is 41.6 Å². The van der Waals surface area contributed by atoms with Crippen LogP contribution in [0.4, 0.5) is 14.5 Å². The number of benzene rings is 2. The fourth-order valence-corrected chi connectivity index (χ4v) is 6.71. The van der Waals surface area contributed by atoms with Crippen LogP contribution in [0.1, 0.15) is 53.7 Å². The van der Waals surface area contributed by atoms with Gasteiger partial charge in [0, 0.05) is 54.4 Å². The van der Waals surface area contributed by atoms with Crippen molar-refractivity contribution in [2.45, 2.75) is 63.5 Å². The molecule has 2 aromatic heterocycles. The van der Waals surface area contributed by atoms with Crippen molar-refractivity contribution in [2.24, 2.45) is 17.6 Å². The van der Waals surface area contributed by atoms with Crippen LogP contribution in [-0.4, -0.2) is 81.0 Å². The summed E-state index contributed by atoms with van der Waals surface area (Å²) in [6.45, 7) is 2.33. The van der Waals surface area contributed by atoms with Gasteiger partial charge in [-0.3, -0.25) is 19.4 Å². The quantitative estimate of drug-likeness (QED) is 0.136. The van der Waals surface area contributed by atoms with Crippen molar-refractivity contribution >= 4 is 23.4 Å². The molecule has 1 aliphatic carbocycles. The van der Waals surface area contributed by atoms with Crippen LogP contribution in [0.3, 0.4) is 0 Å². The molecule has 4 aromatic rings. The lowest BCUT2D eigenvalue weighted by Crippen LogP contribution is -2.53. The summed E-state index contributed by atoms with van der Waals surface area (Å²) >= 11 is 0. The lowest BCUT2D eigenvalue weighted by Gasteiger charge is -2.30. The van der Waals surface area contributed by atoms with Gasteiger partial charge in [0.1, 0.15) is 11.7 Å². The van der Waals surface area contributed by atoms with Gasteiger partial charge in [-0.05, 0) is 97.3 Å². The van der Waals surface area contributed by atoms with E-state index < -0.39 is 36.9 Å². The molecule has 0 bridgehead atoms. The number of hydrogen-bond acceptors (Lipinski definition) is 9. The summed E-state index contributed by atoms with van der Waals surface area (Å²) in [4.78, 5) is 44.2. The summed E-state index contributed by atoms with van der Waals surface area (Å²) in [6.07, 6.45) is 4.65. The molecule has 13 nitrogen and oxygen atoms in total. The summed E-state index contributed by atoms with van der Waals surface area (Å²) in [6, 6.07) is 14.7. The average Bonchev–Trinajstić information content (AvgIpc) is 3.67. The van der Waals surface area contributed by atoms with Crippen molar-refractivity contribution < 1.29 is 23.2 Å². The second kappa shape index (κ2) is 15.8. The average molecular weight is 701 g/mol. The van der Waals surface area contributed by atoms with E-state index in [1.165, 1.54) is 0 Å². The molecular weight excluding hydrogens is 658 g/mol. The van der Waals surface area contributed by atoms with Crippen LogP contribution in [0.5, 0.6) is 0 Å². The van der Waals surface area contributed by atoms with Crippen LogP contribution < -0.4 is 27.0 Å². The number of aromatic nitrogens is 5. The van der Waals surface area contributed by atoms with Crippen LogP contribution in [0.15, 0.2) is 60.8 Å². The molecule has 3 amide bonds. The van der Waals surface area contributed by atoms with Crippen molar-refractivity contribution in [2.75, 3.05) is 25.0 Å². The third kappa shape index (κ3) is 9.15. The maximum absolute atomic E-state index is 13.8. The first-order valence-corrected chi connectivity index (χ1v) is 17.2. The van der Waals surface area contributed by atoms with E-state index in [9.17, 15) is 23.2 Å². The number of carbonyl (C=O) groups is 3. The van der Waals surface area contributed by atoms with Crippen molar-refractivity contribution in [3.63, 3.8) is 0 Å². The molecule has 2 atom stereocenters. The number of halogens is 2. The third-order valence-corrected chi connectivity index (χ3v) is 9.64. The van der Waals surface area contributed by atoms with Crippen molar-refractivity contribution in [1.29, 1.82) is 0 Å². The number of rotatable bonds is 11. The molecule has 3 heterocycles. The Balaban J connectivity index is 1.13. The second-order valence-corrected chi connectivity index (χ2v) is 13.5. The number of alkyl halides is 2. The van der Waals surface area contributed by atoms with Crippen LogP contribution in [0, 0.1) is 18.8 Å². The first-order chi connectivity index (χ1) is 24.6. The van der Waals surface area contributed by atoms with E-state index in [1.54, 1.807) is 36.5 Å². The highest BCUT2D eigenvalue weighted by Gasteiger charge is 2.37. The molecule has 1 saturated carbocycles. The summed E-state index contributed by atoms with van der Waals surface area (Å²) in [5.74, 6) is -3.21. The maximum Gasteiger partial charge on any atom is 0.270 e. The summed E-state index contributed by atoms with van der Waals surface area (Å²) in [5.41, 5.74) is 10.5. The number of aryl methyl sites for hydroxylation is 1. The Labute approximate surface area is 294 Å². The highest BCUT2D eigenvalue weighted by atomic mass is 19.3. The lowest BCUT2D eigenvalue weighted by atomic mass is 9.81. The molecule has 15 heteroatoms. The minimum absolute atomic E-state index is 0.144. The lowest BCUT2D eigenvalue weighted by molar-refractivity contribution is -0.130. The number of amides is 3. The van der Waals surface area contributed by atoms with Gasteiger partial charge in [0.2, 0.25) is 17.6 Å². The Hall–Kier alpha value is -5.15. The Morgan fingerprint density at radius 1 is 1.02 bits per heavy atom. The fourth-order valence-electron chi connectivity index (χ4n) is 6.71. The molecule has 268 valence electrons. The van der Waals surface area contributed by atoms with E-state index in [0.717, 1.165) is 53.5 Å². The van der Waals surface area contributed by atoms with Gasteiger partial charge in [-0.1, -0.05) is 24.3 Å². The molecule has 1 unspecified atom stereocenters. The molecule has 1 aliphatic heterocycles. The van der Waals surface area contributed by atoms with Crippen LogP contribution >= 0.6 is 0 Å². The standard InChI is InChI=1S/C36H42F2N10O3/c1-21-14-30(34(50)43-28-16-36(37,38)20-40-18-28)41-19-29(21)24-6-2-22(3-7-24)15-31(44-33(49)26-8-4-23(17-39)5-9-26)35(51)42-27-12-10-25(11-13-27)32-45-47-48-46-32/h2-3,6-7,10-14,19,23,26,28,31,40H,4-5,8-9,15-18,20,39H2,1H3,(H,42,51)(H,43,50)(H,44,49)(H,45,46,47,48)/t23?,26?,28?,31-/m0/s1. The maximum atomic E-state index is 13.8. The van der Waals surface area contributed by atoms with E-state index in [0.29, 0.717) is 24.0 Å². The second-order valence-electron chi connectivity index (χ2n) is 13.5. The molecule has 0 radical (unpaired) electrons. The largest absolute Gasteiger partial charge is 0.346 e. The number of anilines is 1. The topological polar surface area (TPSA) is 193 Å². The predicted molar refractivity (Wildman–Crippen MR) is 186 cm³/mol. The smallest absolute Gasteiger partial charge is 0.270 e. The Morgan fingerprint density at radius 3 is 2.39 bits per heavy atom. The van der Waals surface area contributed by atoms with Gasteiger partial charge >= 0.3 is 0 Å². The number of nitrogens with two attached hydrogens (primary N) is 1. The number of nitrogens with one attached hydrogen (secondary N) is 5. The Kier molecular flexibility index (Phi) is 11.1. The molecule has 1 saturated heterocycles. The molecule has 6 rings (SSSR count). The van der Waals surface area contributed by atoms with Crippen LogP contribution in [0.25, 0.3) is 22.5 Å². The zero-order valence-electron chi connectivity index (χ0n) is 28.3.